The Labute approximate surface area is 235 Å². The molecule has 1 amide bonds. The van der Waals surface area contributed by atoms with Crippen LogP contribution in [-0.2, 0) is 20.7 Å². The van der Waals surface area contributed by atoms with Crippen molar-refractivity contribution in [3.63, 3.8) is 0 Å². The predicted molar refractivity (Wildman–Crippen MR) is 152 cm³/mol. The summed E-state index contributed by atoms with van der Waals surface area (Å²) in [6, 6.07) is 8.19. The molecule has 41 heavy (non-hydrogen) atoms. The molecule has 0 radical (unpaired) electrons. The third-order valence-corrected chi connectivity index (χ3v) is 6.99. The molecule has 0 bridgehead atoms. The van der Waals surface area contributed by atoms with Crippen LogP contribution in [0.4, 0.5) is 21.7 Å². The molecule has 1 aliphatic heterocycles. The Morgan fingerprint density at radius 1 is 1.15 bits per heavy atom. The summed E-state index contributed by atoms with van der Waals surface area (Å²) in [6.45, 7) is 3.54. The minimum absolute atomic E-state index is 0.0716. The van der Waals surface area contributed by atoms with Crippen molar-refractivity contribution in [2.45, 2.75) is 12.5 Å². The number of aliphatic carboxylic acids is 1. The first-order valence-corrected chi connectivity index (χ1v) is 13.1. The number of methoxy groups -OCH3 is 1. The van der Waals surface area contributed by atoms with E-state index in [2.05, 4.69) is 47.4 Å². The molecule has 1 aliphatic rings. The number of ether oxygens (including phenoxy) is 1. The van der Waals surface area contributed by atoms with Gasteiger partial charge < -0.3 is 30.4 Å². The normalized spacial score (nSPS) is 15.1. The fourth-order valence-corrected chi connectivity index (χ4v) is 4.81. The molecule has 3 aromatic heterocycles. The van der Waals surface area contributed by atoms with Gasteiger partial charge in [0.1, 0.15) is 11.7 Å². The summed E-state index contributed by atoms with van der Waals surface area (Å²) in [7, 11) is 3.64. The molecule has 1 atom stereocenters. The average Bonchev–Trinajstić information content (AvgIpc) is 3.39. The molecular formula is C28H31FN8O4. The SMILES string of the molecule is COC[C@H](C(=O)Nc1cccc2c(-c3nc(Nc4ccc(CC(=O)O)nc4)ncc3F)c[nH]c12)N1CCN(C)CC1. The Balaban J connectivity index is 1.37. The Bertz CT molecular complexity index is 1540. The molecule has 1 fully saturated rings. The van der Waals surface area contributed by atoms with E-state index >= 15 is 0 Å². The summed E-state index contributed by atoms with van der Waals surface area (Å²) < 4.78 is 20.3. The largest absolute Gasteiger partial charge is 0.481 e. The lowest BCUT2D eigenvalue weighted by molar-refractivity contribution is -0.136. The number of anilines is 3. The van der Waals surface area contributed by atoms with Crippen LogP contribution in [0.2, 0.25) is 0 Å². The molecule has 4 aromatic rings. The Kier molecular flexibility index (Phi) is 8.47. The van der Waals surface area contributed by atoms with Gasteiger partial charge in [0.25, 0.3) is 0 Å². The number of halogens is 1. The number of carbonyl (C=O) groups is 2. The third-order valence-electron chi connectivity index (χ3n) is 6.99. The third kappa shape index (κ3) is 6.48. The van der Waals surface area contributed by atoms with Crippen LogP contribution in [0.25, 0.3) is 22.2 Å². The summed E-state index contributed by atoms with van der Waals surface area (Å²) in [6.07, 6.45) is 3.99. The number of likely N-dealkylation sites (N-methyl/N-ethyl adjacent to an activating group) is 1. The summed E-state index contributed by atoms with van der Waals surface area (Å²) in [4.78, 5) is 44.3. The van der Waals surface area contributed by atoms with Crippen LogP contribution in [0.3, 0.4) is 0 Å². The zero-order valence-corrected chi connectivity index (χ0v) is 22.7. The number of hydrogen-bond acceptors (Lipinski definition) is 9. The maximum Gasteiger partial charge on any atom is 0.309 e. The lowest BCUT2D eigenvalue weighted by Crippen LogP contribution is -2.54. The molecular weight excluding hydrogens is 531 g/mol. The van der Waals surface area contributed by atoms with Crippen LogP contribution in [0.15, 0.2) is 48.9 Å². The highest BCUT2D eigenvalue weighted by Gasteiger charge is 2.29. The predicted octanol–water partition coefficient (Wildman–Crippen LogP) is 2.73. The fraction of sp³-hybridized carbons (Fsp3) is 0.321. The van der Waals surface area contributed by atoms with E-state index in [1.807, 2.05) is 6.07 Å². The van der Waals surface area contributed by atoms with E-state index in [0.717, 1.165) is 32.4 Å². The number of pyridine rings is 1. The standard InChI is InChI=1S/C28H31FN8O4/c1-36-8-10-37(11-9-36)23(16-41-2)27(40)34-22-5-3-4-19-20(14-31-26(19)22)25-21(29)15-32-28(35-25)33-18-7-6-17(30-13-18)12-24(38)39/h3-7,13-15,23,31H,8-12,16H2,1-2H3,(H,34,40)(H,38,39)(H,32,33,35)/t23-/m1/s1. The van der Waals surface area contributed by atoms with E-state index < -0.39 is 17.8 Å². The van der Waals surface area contributed by atoms with Gasteiger partial charge >= 0.3 is 5.97 Å². The second-order valence-corrected chi connectivity index (χ2v) is 9.85. The quantitative estimate of drug-likeness (QED) is 0.227. The molecule has 214 valence electrons. The summed E-state index contributed by atoms with van der Waals surface area (Å²) in [5.74, 6) is -1.63. The van der Waals surface area contributed by atoms with Gasteiger partial charge in [-0.25, -0.2) is 14.4 Å². The number of carboxylic acid groups (broad SMARTS) is 1. The van der Waals surface area contributed by atoms with E-state index in [4.69, 9.17) is 9.84 Å². The number of rotatable bonds is 10. The number of benzene rings is 1. The summed E-state index contributed by atoms with van der Waals surface area (Å²) >= 11 is 0. The first-order chi connectivity index (χ1) is 19.8. The number of aromatic amines is 1. The first kappa shape index (κ1) is 28.1. The molecule has 4 heterocycles. The second-order valence-electron chi connectivity index (χ2n) is 9.85. The van der Waals surface area contributed by atoms with Crippen molar-refractivity contribution in [1.82, 2.24) is 29.7 Å². The number of fused-ring (bicyclic) bond motifs is 1. The van der Waals surface area contributed by atoms with Crippen LogP contribution in [0.5, 0.6) is 0 Å². The number of nitrogens with zero attached hydrogens (tertiary/aromatic N) is 5. The van der Waals surface area contributed by atoms with Crippen LogP contribution < -0.4 is 10.6 Å². The number of carbonyl (C=O) groups excluding carboxylic acids is 1. The van der Waals surface area contributed by atoms with Gasteiger partial charge in [0.2, 0.25) is 11.9 Å². The smallest absolute Gasteiger partial charge is 0.309 e. The van der Waals surface area contributed by atoms with E-state index in [1.165, 1.54) is 6.20 Å². The maximum atomic E-state index is 15.0. The minimum atomic E-state index is -0.976. The van der Waals surface area contributed by atoms with Gasteiger partial charge in [0.15, 0.2) is 5.82 Å². The molecule has 0 saturated carbocycles. The van der Waals surface area contributed by atoms with Gasteiger partial charge in [-0.05, 0) is 25.2 Å². The van der Waals surface area contributed by atoms with Crippen LogP contribution in [-0.4, -0.2) is 99.7 Å². The second kappa shape index (κ2) is 12.4. The van der Waals surface area contributed by atoms with Crippen molar-refractivity contribution in [3.8, 4) is 11.3 Å². The topological polar surface area (TPSA) is 149 Å². The monoisotopic (exact) mass is 562 g/mol. The lowest BCUT2D eigenvalue weighted by Gasteiger charge is -2.36. The molecule has 5 rings (SSSR count). The molecule has 1 saturated heterocycles. The van der Waals surface area contributed by atoms with Gasteiger partial charge in [0, 0.05) is 50.4 Å². The zero-order valence-electron chi connectivity index (χ0n) is 22.7. The van der Waals surface area contributed by atoms with Crippen molar-refractivity contribution in [1.29, 1.82) is 0 Å². The van der Waals surface area contributed by atoms with Crippen molar-refractivity contribution in [2.75, 3.05) is 57.6 Å². The van der Waals surface area contributed by atoms with E-state index in [-0.39, 0.29) is 30.6 Å². The fourth-order valence-electron chi connectivity index (χ4n) is 4.81. The van der Waals surface area contributed by atoms with Gasteiger partial charge in [-0.2, -0.15) is 0 Å². The van der Waals surface area contributed by atoms with Gasteiger partial charge in [-0.1, -0.05) is 12.1 Å². The highest BCUT2D eigenvalue weighted by Crippen LogP contribution is 2.33. The highest BCUT2D eigenvalue weighted by molar-refractivity contribution is 6.06. The first-order valence-electron chi connectivity index (χ1n) is 13.1. The maximum absolute atomic E-state index is 15.0. The average molecular weight is 563 g/mol. The van der Waals surface area contributed by atoms with Gasteiger partial charge in [-0.15, -0.1) is 0 Å². The molecule has 0 unspecified atom stereocenters. The minimum Gasteiger partial charge on any atom is -0.481 e. The number of piperazine rings is 1. The van der Waals surface area contributed by atoms with Crippen molar-refractivity contribution < 1.29 is 23.8 Å². The number of nitrogens with one attached hydrogen (secondary N) is 3. The van der Waals surface area contributed by atoms with E-state index in [0.29, 0.717) is 33.5 Å². The number of carboxylic acids is 1. The van der Waals surface area contributed by atoms with Gasteiger partial charge in [-0.3, -0.25) is 19.5 Å². The molecule has 12 nitrogen and oxygen atoms in total. The number of H-pyrrole nitrogens is 1. The van der Waals surface area contributed by atoms with Crippen molar-refractivity contribution >= 4 is 40.1 Å². The summed E-state index contributed by atoms with van der Waals surface area (Å²) in [5.41, 5.74) is 2.70. The number of amides is 1. The molecule has 4 N–H and O–H groups in total. The highest BCUT2D eigenvalue weighted by atomic mass is 19.1. The van der Waals surface area contributed by atoms with Crippen LogP contribution >= 0.6 is 0 Å². The van der Waals surface area contributed by atoms with E-state index in [1.54, 1.807) is 37.6 Å². The van der Waals surface area contributed by atoms with E-state index in [9.17, 15) is 14.0 Å². The zero-order chi connectivity index (χ0) is 28.9. The summed E-state index contributed by atoms with van der Waals surface area (Å²) in [5, 5.41) is 15.6. The Hall–Kier alpha value is -4.46. The van der Waals surface area contributed by atoms with Crippen LogP contribution in [0, 0.1) is 5.82 Å². The van der Waals surface area contributed by atoms with Crippen molar-refractivity contribution in [3.05, 3.63) is 60.4 Å². The molecule has 0 aliphatic carbocycles. The number of para-hydroxylation sites is 1. The molecule has 1 aromatic carbocycles. The van der Waals surface area contributed by atoms with Crippen LogP contribution in [0.1, 0.15) is 5.69 Å². The lowest BCUT2D eigenvalue weighted by atomic mass is 10.1. The molecule has 0 spiro atoms. The number of hydrogen-bond donors (Lipinski definition) is 4. The van der Waals surface area contributed by atoms with Gasteiger partial charge in [0.05, 0.1) is 48.0 Å². The Morgan fingerprint density at radius 2 is 1.95 bits per heavy atom. The van der Waals surface area contributed by atoms with Crippen molar-refractivity contribution in [2.24, 2.45) is 0 Å². The molecule has 13 heteroatoms. The number of aromatic nitrogens is 4. The Morgan fingerprint density at radius 3 is 2.66 bits per heavy atom.